The minimum Gasteiger partial charge on any atom is -0.342 e. The number of benzene rings is 1. The molecule has 0 bridgehead atoms. The van der Waals surface area contributed by atoms with Crippen LogP contribution in [-0.2, 0) is 14.6 Å². The third-order valence-corrected chi connectivity index (χ3v) is 6.92. The maximum absolute atomic E-state index is 13.2. The van der Waals surface area contributed by atoms with Gasteiger partial charge in [0.2, 0.25) is 5.91 Å². The second kappa shape index (κ2) is 8.14. The van der Waals surface area contributed by atoms with Crippen molar-refractivity contribution in [3.8, 4) is 0 Å². The van der Waals surface area contributed by atoms with E-state index in [1.165, 1.54) is 23.3 Å². The summed E-state index contributed by atoms with van der Waals surface area (Å²) in [6, 6.07) is 9.85. The lowest BCUT2D eigenvalue weighted by atomic mass is 9.90. The Morgan fingerprint density at radius 3 is 2.50 bits per heavy atom. The van der Waals surface area contributed by atoms with E-state index in [-0.39, 0.29) is 22.6 Å². The molecule has 1 amide bonds. The second-order valence-electron chi connectivity index (χ2n) is 7.72. The van der Waals surface area contributed by atoms with Gasteiger partial charge in [0.25, 0.3) is 5.78 Å². The van der Waals surface area contributed by atoms with E-state index < -0.39 is 9.84 Å². The minimum absolute atomic E-state index is 0.0391. The molecule has 1 aliphatic rings. The van der Waals surface area contributed by atoms with Gasteiger partial charge in [0.1, 0.15) is 11.2 Å². The molecule has 158 valence electrons. The molecule has 2 aromatic heterocycles. The lowest BCUT2D eigenvalue weighted by Gasteiger charge is -2.34. The molecule has 1 unspecified atom stereocenters. The average molecular weight is 428 g/mol. The molecule has 3 aromatic rings. The van der Waals surface area contributed by atoms with Gasteiger partial charge in [0, 0.05) is 25.3 Å². The highest BCUT2D eigenvalue weighted by Crippen LogP contribution is 2.33. The topological polar surface area (TPSA) is 97.5 Å². The van der Waals surface area contributed by atoms with Crippen molar-refractivity contribution in [2.75, 3.05) is 19.3 Å². The van der Waals surface area contributed by atoms with Crippen molar-refractivity contribution in [2.45, 2.75) is 42.9 Å². The number of rotatable bonds is 5. The summed E-state index contributed by atoms with van der Waals surface area (Å²) in [7, 11) is -3.47. The predicted molar refractivity (Wildman–Crippen MR) is 112 cm³/mol. The third kappa shape index (κ3) is 3.81. The molecule has 8 nitrogen and oxygen atoms in total. The fourth-order valence-corrected chi connectivity index (χ4v) is 5.15. The number of fused-ring (bicyclic) bond motifs is 1. The fraction of sp³-hybridized carbons (Fsp3) is 0.429. The van der Waals surface area contributed by atoms with Crippen molar-refractivity contribution in [2.24, 2.45) is 0 Å². The van der Waals surface area contributed by atoms with Gasteiger partial charge in [0.15, 0.2) is 9.84 Å². The lowest BCUT2D eigenvalue weighted by Crippen LogP contribution is -2.41. The van der Waals surface area contributed by atoms with Gasteiger partial charge in [-0.2, -0.15) is 14.6 Å². The molecule has 9 heteroatoms. The van der Waals surface area contributed by atoms with Crippen LogP contribution >= 0.6 is 0 Å². The Morgan fingerprint density at radius 1 is 1.17 bits per heavy atom. The summed E-state index contributed by atoms with van der Waals surface area (Å²) < 4.78 is 26.2. The van der Waals surface area contributed by atoms with Gasteiger partial charge in [-0.05, 0) is 24.8 Å². The van der Waals surface area contributed by atoms with Gasteiger partial charge in [0.05, 0.1) is 17.8 Å². The van der Waals surface area contributed by atoms with Crippen molar-refractivity contribution >= 4 is 21.5 Å². The first-order valence-electron chi connectivity index (χ1n) is 10.1. The summed E-state index contributed by atoms with van der Waals surface area (Å²) >= 11 is 0. The van der Waals surface area contributed by atoms with E-state index in [0.29, 0.717) is 37.4 Å². The van der Waals surface area contributed by atoms with Crippen LogP contribution in [0.25, 0.3) is 5.78 Å². The van der Waals surface area contributed by atoms with Crippen LogP contribution in [0.4, 0.5) is 0 Å². The number of piperidine rings is 1. The molecule has 1 aliphatic heterocycles. The lowest BCUT2D eigenvalue weighted by molar-refractivity contribution is -0.134. The smallest absolute Gasteiger partial charge is 0.252 e. The van der Waals surface area contributed by atoms with Crippen LogP contribution in [0.2, 0.25) is 0 Å². The Labute approximate surface area is 175 Å². The molecule has 1 fully saturated rings. The van der Waals surface area contributed by atoms with Gasteiger partial charge in [-0.1, -0.05) is 37.3 Å². The number of carbonyl (C=O) groups is 1. The molecule has 0 aliphatic carbocycles. The Morgan fingerprint density at radius 2 is 1.87 bits per heavy atom. The molecule has 1 saturated heterocycles. The summed E-state index contributed by atoms with van der Waals surface area (Å²) in [5.41, 5.74) is 1.65. The first kappa shape index (κ1) is 20.5. The zero-order chi connectivity index (χ0) is 21.3. The van der Waals surface area contributed by atoms with E-state index in [9.17, 15) is 13.2 Å². The van der Waals surface area contributed by atoms with Crippen molar-refractivity contribution in [1.82, 2.24) is 24.5 Å². The van der Waals surface area contributed by atoms with Crippen LogP contribution in [-0.4, -0.2) is 58.2 Å². The molecule has 0 saturated carbocycles. The summed E-state index contributed by atoms with van der Waals surface area (Å²) in [6.45, 7) is 3.18. The van der Waals surface area contributed by atoms with E-state index in [1.807, 2.05) is 42.2 Å². The summed E-state index contributed by atoms with van der Waals surface area (Å²) in [5.74, 6) is 0.317. The van der Waals surface area contributed by atoms with E-state index in [2.05, 4.69) is 15.1 Å². The second-order valence-corrected chi connectivity index (χ2v) is 9.71. The molecule has 3 heterocycles. The highest BCUT2D eigenvalue weighted by molar-refractivity contribution is 7.90. The molecule has 30 heavy (non-hydrogen) atoms. The number of hydrogen-bond acceptors (Lipinski definition) is 6. The van der Waals surface area contributed by atoms with Gasteiger partial charge < -0.3 is 4.90 Å². The van der Waals surface area contributed by atoms with Crippen LogP contribution in [0.3, 0.4) is 0 Å². The molecule has 1 aromatic carbocycles. The molecule has 0 spiro atoms. The first-order chi connectivity index (χ1) is 14.4. The van der Waals surface area contributed by atoms with Crippen molar-refractivity contribution in [1.29, 1.82) is 0 Å². The number of likely N-dealkylation sites (tertiary alicyclic amines) is 1. The standard InChI is InChI=1S/C21H25N5O3S/c1-3-17(15-7-5-4-6-8-15)20(27)25-11-9-16(10-12-25)19-18(30(2,28)29)13-22-21-23-14-24-26(19)21/h4-8,13-14,16-17H,3,9-12H2,1-2H3. The largest absolute Gasteiger partial charge is 0.342 e. The molecular weight excluding hydrogens is 402 g/mol. The maximum atomic E-state index is 13.2. The summed E-state index contributed by atoms with van der Waals surface area (Å²) in [5, 5.41) is 4.20. The first-order valence-corrected chi connectivity index (χ1v) is 12.0. The van der Waals surface area contributed by atoms with Gasteiger partial charge in [-0.15, -0.1) is 0 Å². The number of sulfone groups is 1. The highest BCUT2D eigenvalue weighted by Gasteiger charge is 2.32. The van der Waals surface area contributed by atoms with Gasteiger partial charge in [-0.25, -0.2) is 13.4 Å². The predicted octanol–water partition coefficient (Wildman–Crippen LogP) is 2.43. The van der Waals surface area contributed by atoms with E-state index in [1.54, 1.807) is 0 Å². The Bertz CT molecular complexity index is 1150. The maximum Gasteiger partial charge on any atom is 0.252 e. The minimum atomic E-state index is -3.47. The third-order valence-electron chi connectivity index (χ3n) is 5.81. The fourth-order valence-electron chi connectivity index (χ4n) is 4.27. The van der Waals surface area contributed by atoms with Crippen molar-refractivity contribution in [3.05, 3.63) is 54.1 Å². The van der Waals surface area contributed by atoms with E-state index >= 15 is 0 Å². The number of aromatic nitrogens is 4. The number of carbonyl (C=O) groups excluding carboxylic acids is 1. The van der Waals surface area contributed by atoms with E-state index in [4.69, 9.17) is 0 Å². The molecule has 0 N–H and O–H groups in total. The SMILES string of the molecule is CCC(C(=O)N1CCC(c2c(S(C)(=O)=O)cnc3ncnn23)CC1)c1ccccc1. The summed E-state index contributed by atoms with van der Waals surface area (Å²) in [4.78, 5) is 23.5. The number of hydrogen-bond donors (Lipinski definition) is 0. The molecule has 1 atom stereocenters. The van der Waals surface area contributed by atoms with Crippen molar-refractivity contribution in [3.63, 3.8) is 0 Å². The zero-order valence-electron chi connectivity index (χ0n) is 17.1. The van der Waals surface area contributed by atoms with Crippen LogP contribution in [0, 0.1) is 0 Å². The highest BCUT2D eigenvalue weighted by atomic mass is 32.2. The quantitative estimate of drug-likeness (QED) is 0.620. The van der Waals surface area contributed by atoms with Crippen LogP contribution in [0.1, 0.15) is 49.3 Å². The summed E-state index contributed by atoms with van der Waals surface area (Å²) in [6.07, 6.45) is 6.00. The monoisotopic (exact) mass is 427 g/mol. The Balaban J connectivity index is 1.57. The van der Waals surface area contributed by atoms with Gasteiger partial charge in [-0.3, -0.25) is 4.79 Å². The van der Waals surface area contributed by atoms with Crippen LogP contribution in [0.15, 0.2) is 47.8 Å². The van der Waals surface area contributed by atoms with Gasteiger partial charge >= 0.3 is 0 Å². The number of nitrogens with zero attached hydrogens (tertiary/aromatic N) is 5. The average Bonchev–Trinajstić information content (AvgIpc) is 3.23. The van der Waals surface area contributed by atoms with Crippen molar-refractivity contribution < 1.29 is 13.2 Å². The molecular formula is C21H25N5O3S. The normalized spacial score (nSPS) is 16.7. The van der Waals surface area contributed by atoms with Crippen LogP contribution in [0.5, 0.6) is 0 Å². The molecule has 4 rings (SSSR count). The number of amides is 1. The van der Waals surface area contributed by atoms with E-state index in [0.717, 1.165) is 12.0 Å². The van der Waals surface area contributed by atoms with Crippen LogP contribution < -0.4 is 0 Å². The molecule has 0 radical (unpaired) electrons. The zero-order valence-corrected chi connectivity index (χ0v) is 17.9. The Hall–Kier alpha value is -2.81. The Kier molecular flexibility index (Phi) is 5.55.